The van der Waals surface area contributed by atoms with E-state index in [-0.39, 0.29) is 12.5 Å². The summed E-state index contributed by atoms with van der Waals surface area (Å²) in [5.74, 6) is 0.734. The molecule has 1 amide bonds. The number of amides is 1. The second kappa shape index (κ2) is 9.53. The Morgan fingerprint density at radius 2 is 1.61 bits per heavy atom. The maximum atomic E-state index is 12.7. The fourth-order valence-electron chi connectivity index (χ4n) is 3.02. The molecule has 0 spiro atoms. The molecule has 0 aliphatic heterocycles. The molecule has 0 saturated heterocycles. The summed E-state index contributed by atoms with van der Waals surface area (Å²) in [7, 11) is -0.456. The Balaban J connectivity index is 1.80. The first kappa shape index (κ1) is 22.2. The van der Waals surface area contributed by atoms with Crippen molar-refractivity contribution in [2.75, 3.05) is 30.1 Å². The molecule has 3 rings (SSSR count). The fourth-order valence-corrected chi connectivity index (χ4v) is 3.91. The topological polar surface area (TPSA) is 84.9 Å². The molecular formula is C23H24N2O5S. The molecular weight excluding hydrogens is 416 g/mol. The van der Waals surface area contributed by atoms with Crippen molar-refractivity contribution in [2.24, 2.45) is 0 Å². The second-order valence-corrected chi connectivity index (χ2v) is 8.73. The summed E-state index contributed by atoms with van der Waals surface area (Å²) in [5, 5.41) is 2.80. The van der Waals surface area contributed by atoms with Gasteiger partial charge in [-0.2, -0.15) is 0 Å². The number of ether oxygens (including phenoxy) is 2. The molecule has 0 unspecified atom stereocenters. The van der Waals surface area contributed by atoms with E-state index in [0.29, 0.717) is 28.4 Å². The van der Waals surface area contributed by atoms with Crippen molar-refractivity contribution in [3.8, 4) is 11.5 Å². The van der Waals surface area contributed by atoms with Crippen LogP contribution in [-0.2, 0) is 16.6 Å². The largest absolute Gasteiger partial charge is 0.497 e. The lowest BCUT2D eigenvalue weighted by atomic mass is 10.1. The minimum Gasteiger partial charge on any atom is -0.497 e. The van der Waals surface area contributed by atoms with Crippen LogP contribution in [-0.4, -0.2) is 34.8 Å². The number of anilines is 2. The molecule has 3 aromatic rings. The third-order valence-corrected chi connectivity index (χ3v) is 5.78. The molecule has 0 aliphatic carbocycles. The van der Waals surface area contributed by atoms with E-state index in [1.54, 1.807) is 49.6 Å². The Bertz CT molecular complexity index is 1150. The van der Waals surface area contributed by atoms with Crippen molar-refractivity contribution in [3.63, 3.8) is 0 Å². The minimum absolute atomic E-state index is 0.203. The van der Waals surface area contributed by atoms with Crippen LogP contribution in [0.2, 0.25) is 0 Å². The Kier molecular flexibility index (Phi) is 6.81. The summed E-state index contributed by atoms with van der Waals surface area (Å²) in [6.07, 6.45) is 1.16. The monoisotopic (exact) mass is 440 g/mol. The number of carbonyl (C=O) groups is 1. The van der Waals surface area contributed by atoms with Gasteiger partial charge < -0.3 is 14.8 Å². The molecule has 8 heteroatoms. The van der Waals surface area contributed by atoms with Crippen LogP contribution in [0.25, 0.3) is 0 Å². The first-order chi connectivity index (χ1) is 14.8. The third kappa shape index (κ3) is 5.55. The van der Waals surface area contributed by atoms with E-state index in [4.69, 9.17) is 9.47 Å². The number of rotatable bonds is 8. The van der Waals surface area contributed by atoms with Crippen LogP contribution < -0.4 is 19.1 Å². The van der Waals surface area contributed by atoms with Crippen LogP contribution in [0.5, 0.6) is 11.5 Å². The summed E-state index contributed by atoms with van der Waals surface area (Å²) in [5.41, 5.74) is 2.22. The van der Waals surface area contributed by atoms with Gasteiger partial charge in [0.15, 0.2) is 0 Å². The van der Waals surface area contributed by atoms with Gasteiger partial charge in [-0.1, -0.05) is 30.3 Å². The van der Waals surface area contributed by atoms with Gasteiger partial charge in [0, 0.05) is 11.6 Å². The number of nitrogens with zero attached hydrogens (tertiary/aromatic N) is 1. The number of benzene rings is 3. The van der Waals surface area contributed by atoms with E-state index in [0.717, 1.165) is 11.8 Å². The van der Waals surface area contributed by atoms with Crippen molar-refractivity contribution in [3.05, 3.63) is 83.9 Å². The molecule has 0 atom stereocenters. The van der Waals surface area contributed by atoms with Crippen LogP contribution in [0.15, 0.2) is 72.8 Å². The van der Waals surface area contributed by atoms with Crippen LogP contribution in [0.3, 0.4) is 0 Å². The van der Waals surface area contributed by atoms with Gasteiger partial charge in [0.05, 0.1) is 38.4 Å². The third-order valence-electron chi connectivity index (χ3n) is 4.64. The molecule has 7 nitrogen and oxygen atoms in total. The summed E-state index contributed by atoms with van der Waals surface area (Å²) in [6, 6.07) is 20.8. The number of methoxy groups -OCH3 is 2. The number of hydrogen-bond donors (Lipinski definition) is 1. The number of nitrogens with one attached hydrogen (secondary N) is 1. The lowest BCUT2D eigenvalue weighted by Crippen LogP contribution is -2.29. The Hall–Kier alpha value is -3.52. The molecule has 0 fully saturated rings. The lowest BCUT2D eigenvalue weighted by molar-refractivity contribution is 0.102. The highest BCUT2D eigenvalue weighted by Crippen LogP contribution is 2.29. The van der Waals surface area contributed by atoms with E-state index in [1.807, 2.05) is 30.3 Å². The van der Waals surface area contributed by atoms with E-state index >= 15 is 0 Å². The molecule has 1 N–H and O–H groups in total. The standard InChI is InChI=1S/C23H24N2O5S/c1-29-20-13-14-21(22(15-20)30-2)24-23(26)18-9-11-19(12-10-18)25(31(3,27)28)16-17-7-5-4-6-8-17/h4-15H,16H2,1-3H3,(H,24,26). The minimum atomic E-state index is -3.51. The zero-order valence-corrected chi connectivity index (χ0v) is 18.3. The van der Waals surface area contributed by atoms with Gasteiger partial charge >= 0.3 is 0 Å². The molecule has 0 radical (unpaired) electrons. The Labute approximate surface area is 182 Å². The van der Waals surface area contributed by atoms with Gasteiger partial charge in [-0.25, -0.2) is 8.42 Å². The fraction of sp³-hybridized carbons (Fsp3) is 0.174. The van der Waals surface area contributed by atoms with Crippen LogP contribution in [0.1, 0.15) is 15.9 Å². The molecule has 31 heavy (non-hydrogen) atoms. The first-order valence-corrected chi connectivity index (χ1v) is 11.3. The van der Waals surface area contributed by atoms with Gasteiger partial charge in [-0.15, -0.1) is 0 Å². The maximum absolute atomic E-state index is 12.7. The Morgan fingerprint density at radius 1 is 0.935 bits per heavy atom. The average Bonchev–Trinajstić information content (AvgIpc) is 2.77. The predicted molar refractivity (Wildman–Crippen MR) is 121 cm³/mol. The number of carbonyl (C=O) groups excluding carboxylic acids is 1. The SMILES string of the molecule is COc1ccc(NC(=O)c2ccc(N(Cc3ccccc3)S(C)(=O)=O)cc2)c(OC)c1. The smallest absolute Gasteiger partial charge is 0.255 e. The van der Waals surface area contributed by atoms with E-state index < -0.39 is 10.0 Å². The van der Waals surface area contributed by atoms with Gasteiger partial charge in [-0.3, -0.25) is 9.10 Å². The van der Waals surface area contributed by atoms with Crippen molar-refractivity contribution in [2.45, 2.75) is 6.54 Å². The van der Waals surface area contributed by atoms with E-state index in [2.05, 4.69) is 5.32 Å². The molecule has 0 aliphatic rings. The number of sulfonamides is 1. The highest BCUT2D eigenvalue weighted by Gasteiger charge is 2.19. The molecule has 0 saturated carbocycles. The van der Waals surface area contributed by atoms with E-state index in [1.165, 1.54) is 11.4 Å². The van der Waals surface area contributed by atoms with Gasteiger partial charge in [-0.05, 0) is 42.0 Å². The predicted octanol–water partition coefficient (Wildman–Crippen LogP) is 3.92. The molecule has 0 bridgehead atoms. The maximum Gasteiger partial charge on any atom is 0.255 e. The highest BCUT2D eigenvalue weighted by molar-refractivity contribution is 7.92. The van der Waals surface area contributed by atoms with Crippen LogP contribution in [0, 0.1) is 0 Å². The zero-order chi connectivity index (χ0) is 22.4. The summed E-state index contributed by atoms with van der Waals surface area (Å²) >= 11 is 0. The number of hydrogen-bond acceptors (Lipinski definition) is 5. The Morgan fingerprint density at radius 3 is 2.19 bits per heavy atom. The van der Waals surface area contributed by atoms with Crippen molar-refractivity contribution in [1.82, 2.24) is 0 Å². The summed E-state index contributed by atoms with van der Waals surface area (Å²) < 4.78 is 36.4. The lowest BCUT2D eigenvalue weighted by Gasteiger charge is -2.22. The molecule has 162 valence electrons. The van der Waals surface area contributed by atoms with Crippen LogP contribution in [0.4, 0.5) is 11.4 Å². The van der Waals surface area contributed by atoms with E-state index in [9.17, 15) is 13.2 Å². The van der Waals surface area contributed by atoms with Gasteiger partial charge in [0.2, 0.25) is 10.0 Å². The average molecular weight is 441 g/mol. The van der Waals surface area contributed by atoms with Gasteiger partial charge in [0.1, 0.15) is 11.5 Å². The molecule has 3 aromatic carbocycles. The second-order valence-electron chi connectivity index (χ2n) is 6.82. The normalized spacial score (nSPS) is 10.9. The highest BCUT2D eigenvalue weighted by atomic mass is 32.2. The van der Waals surface area contributed by atoms with Crippen LogP contribution >= 0.6 is 0 Å². The van der Waals surface area contributed by atoms with Gasteiger partial charge in [0.25, 0.3) is 5.91 Å². The first-order valence-electron chi connectivity index (χ1n) is 9.47. The zero-order valence-electron chi connectivity index (χ0n) is 17.5. The summed E-state index contributed by atoms with van der Waals surface area (Å²) in [4.78, 5) is 12.7. The quantitative estimate of drug-likeness (QED) is 0.574. The molecule has 0 aromatic heterocycles. The van der Waals surface area contributed by atoms with Crippen molar-refractivity contribution >= 4 is 27.3 Å². The summed E-state index contributed by atoms with van der Waals surface area (Å²) in [6.45, 7) is 0.203. The van der Waals surface area contributed by atoms with Crippen molar-refractivity contribution < 1.29 is 22.7 Å². The molecule has 0 heterocycles. The van der Waals surface area contributed by atoms with Crippen molar-refractivity contribution in [1.29, 1.82) is 0 Å².